The Morgan fingerprint density at radius 1 is 1.11 bits per heavy atom. The summed E-state index contributed by atoms with van der Waals surface area (Å²) >= 11 is 6.36. The number of Topliss-reactive ketones (excluding diaryl/α,β-unsaturated/α-hetero) is 1. The zero-order valence-corrected chi connectivity index (χ0v) is 15.6. The molecular weight excluding hydrogens is 366 g/mol. The van der Waals surface area contributed by atoms with Crippen molar-refractivity contribution in [2.24, 2.45) is 0 Å². The minimum Gasteiger partial charge on any atom is -0.507 e. The van der Waals surface area contributed by atoms with Crippen molar-refractivity contribution in [2.45, 2.75) is 12.5 Å². The number of nitrogens with zero attached hydrogens (tertiary/aromatic N) is 1. The topological polar surface area (TPSA) is 66.8 Å². The third kappa shape index (κ3) is 3.75. The van der Waals surface area contributed by atoms with E-state index in [4.69, 9.17) is 16.3 Å². The van der Waals surface area contributed by atoms with E-state index in [1.54, 1.807) is 55.6 Å². The number of methoxy groups -OCH3 is 1. The molecule has 1 saturated heterocycles. The summed E-state index contributed by atoms with van der Waals surface area (Å²) in [6.07, 6.45) is 0.565. The van der Waals surface area contributed by atoms with Crippen molar-refractivity contribution in [3.05, 3.63) is 76.3 Å². The van der Waals surface area contributed by atoms with Crippen LogP contribution in [-0.2, 0) is 14.3 Å². The average Bonchev–Trinajstić information content (AvgIpc) is 2.93. The fraction of sp³-hybridized carbons (Fsp3) is 0.238. The molecule has 0 radical (unpaired) electrons. The number of aliphatic hydroxyl groups is 1. The summed E-state index contributed by atoms with van der Waals surface area (Å²) in [6.45, 7) is 0.775. The third-order valence-corrected chi connectivity index (χ3v) is 4.88. The SMILES string of the molecule is COCCCN1C(=O)C(=O)C(=C(O)c2ccccc2)[C@H]1c1ccccc1Cl. The van der Waals surface area contributed by atoms with Gasteiger partial charge in [0.05, 0.1) is 11.6 Å². The highest BCUT2D eigenvalue weighted by Gasteiger charge is 2.46. The van der Waals surface area contributed by atoms with Crippen LogP contribution in [0.5, 0.6) is 0 Å². The Labute approximate surface area is 162 Å². The molecule has 1 aliphatic heterocycles. The predicted molar refractivity (Wildman–Crippen MR) is 103 cm³/mol. The number of benzene rings is 2. The molecule has 6 heteroatoms. The molecule has 0 spiro atoms. The van der Waals surface area contributed by atoms with Gasteiger partial charge >= 0.3 is 0 Å². The van der Waals surface area contributed by atoms with Gasteiger partial charge in [0.1, 0.15) is 5.76 Å². The number of hydrogen-bond acceptors (Lipinski definition) is 4. The van der Waals surface area contributed by atoms with Crippen LogP contribution in [0.4, 0.5) is 0 Å². The van der Waals surface area contributed by atoms with E-state index < -0.39 is 17.7 Å². The lowest BCUT2D eigenvalue weighted by Gasteiger charge is -2.26. The van der Waals surface area contributed by atoms with Gasteiger partial charge in [0, 0.05) is 30.8 Å². The number of likely N-dealkylation sites (tertiary alicyclic amines) is 1. The molecule has 1 N–H and O–H groups in total. The average molecular weight is 386 g/mol. The molecule has 0 aliphatic carbocycles. The molecule has 2 aromatic rings. The van der Waals surface area contributed by atoms with Crippen molar-refractivity contribution < 1.29 is 19.4 Å². The summed E-state index contributed by atoms with van der Waals surface area (Å²) < 4.78 is 5.06. The molecule has 1 atom stereocenters. The first-order chi connectivity index (χ1) is 13.1. The number of halogens is 1. The second-order valence-corrected chi connectivity index (χ2v) is 6.63. The fourth-order valence-electron chi connectivity index (χ4n) is 3.26. The van der Waals surface area contributed by atoms with Crippen molar-refractivity contribution in [3.63, 3.8) is 0 Å². The first-order valence-corrected chi connectivity index (χ1v) is 9.01. The first-order valence-electron chi connectivity index (χ1n) is 8.63. The van der Waals surface area contributed by atoms with Crippen LogP contribution < -0.4 is 0 Å². The van der Waals surface area contributed by atoms with Crippen LogP contribution in [0.25, 0.3) is 5.76 Å². The van der Waals surface area contributed by atoms with Gasteiger partial charge in [-0.3, -0.25) is 9.59 Å². The Hall–Kier alpha value is -2.63. The maximum Gasteiger partial charge on any atom is 0.295 e. The Kier molecular flexibility index (Phi) is 5.94. The van der Waals surface area contributed by atoms with Crippen molar-refractivity contribution in [2.75, 3.05) is 20.3 Å². The molecule has 5 nitrogen and oxygen atoms in total. The highest BCUT2D eigenvalue weighted by atomic mass is 35.5. The molecule has 1 heterocycles. The molecule has 140 valence electrons. The van der Waals surface area contributed by atoms with Crippen molar-refractivity contribution in [1.29, 1.82) is 0 Å². The van der Waals surface area contributed by atoms with Crippen LogP contribution in [0.15, 0.2) is 60.2 Å². The molecule has 1 amide bonds. The van der Waals surface area contributed by atoms with Crippen molar-refractivity contribution in [3.8, 4) is 0 Å². The lowest BCUT2D eigenvalue weighted by molar-refractivity contribution is -0.140. The van der Waals surface area contributed by atoms with Gasteiger partial charge in [-0.1, -0.05) is 60.1 Å². The Morgan fingerprint density at radius 2 is 1.78 bits per heavy atom. The van der Waals surface area contributed by atoms with E-state index in [1.165, 1.54) is 4.90 Å². The lowest BCUT2D eigenvalue weighted by Crippen LogP contribution is -2.31. The minimum absolute atomic E-state index is 0.0525. The highest BCUT2D eigenvalue weighted by Crippen LogP contribution is 2.41. The van der Waals surface area contributed by atoms with Gasteiger partial charge in [-0.25, -0.2) is 0 Å². The van der Waals surface area contributed by atoms with E-state index in [-0.39, 0.29) is 11.3 Å². The molecule has 3 rings (SSSR count). The molecule has 0 aromatic heterocycles. The maximum absolute atomic E-state index is 12.8. The normalized spacial score (nSPS) is 18.9. The van der Waals surface area contributed by atoms with Gasteiger partial charge in [-0.05, 0) is 18.1 Å². The summed E-state index contributed by atoms with van der Waals surface area (Å²) in [7, 11) is 1.58. The van der Waals surface area contributed by atoms with Crippen LogP contribution in [0.2, 0.25) is 5.02 Å². The van der Waals surface area contributed by atoms with Gasteiger partial charge in [0.25, 0.3) is 11.7 Å². The number of hydrogen-bond donors (Lipinski definition) is 1. The number of carbonyl (C=O) groups is 2. The second-order valence-electron chi connectivity index (χ2n) is 6.23. The molecule has 1 aliphatic rings. The summed E-state index contributed by atoms with van der Waals surface area (Å²) in [5, 5.41) is 11.3. The van der Waals surface area contributed by atoms with Gasteiger partial charge < -0.3 is 14.7 Å². The number of aliphatic hydroxyl groups excluding tert-OH is 1. The van der Waals surface area contributed by atoms with E-state index in [9.17, 15) is 14.7 Å². The molecular formula is C21H20ClNO4. The smallest absolute Gasteiger partial charge is 0.295 e. The summed E-state index contributed by atoms with van der Waals surface area (Å²) in [4.78, 5) is 26.9. The molecule has 0 unspecified atom stereocenters. The van der Waals surface area contributed by atoms with E-state index in [1.807, 2.05) is 6.07 Å². The maximum atomic E-state index is 12.8. The zero-order chi connectivity index (χ0) is 19.4. The number of ketones is 1. The molecule has 0 saturated carbocycles. The van der Waals surface area contributed by atoms with Crippen LogP contribution in [0.1, 0.15) is 23.6 Å². The Bertz CT molecular complexity index is 879. The van der Waals surface area contributed by atoms with Gasteiger partial charge in [-0.2, -0.15) is 0 Å². The second kappa shape index (κ2) is 8.37. The monoisotopic (exact) mass is 385 g/mol. The number of ether oxygens (including phenoxy) is 1. The first kappa shape index (κ1) is 19.1. The van der Waals surface area contributed by atoms with Crippen molar-refractivity contribution in [1.82, 2.24) is 4.90 Å². The fourth-order valence-corrected chi connectivity index (χ4v) is 3.50. The quantitative estimate of drug-likeness (QED) is 0.355. The molecule has 1 fully saturated rings. The van der Waals surface area contributed by atoms with Gasteiger partial charge in [0.15, 0.2) is 0 Å². The molecule has 2 aromatic carbocycles. The standard InChI is InChI=1S/C21H20ClNO4/c1-27-13-7-12-23-18(15-10-5-6-11-16(15)22)17(20(25)21(23)26)19(24)14-8-3-2-4-9-14/h2-6,8-11,18,24H,7,12-13H2,1H3/t18-/m1/s1. The summed E-state index contributed by atoms with van der Waals surface area (Å²) in [6, 6.07) is 15.0. The van der Waals surface area contributed by atoms with E-state index in [2.05, 4.69) is 0 Å². The summed E-state index contributed by atoms with van der Waals surface area (Å²) in [5.74, 6) is -1.56. The number of rotatable bonds is 6. The molecule has 0 bridgehead atoms. The third-order valence-electron chi connectivity index (χ3n) is 4.53. The van der Waals surface area contributed by atoms with Crippen molar-refractivity contribution >= 4 is 29.1 Å². The minimum atomic E-state index is -0.740. The van der Waals surface area contributed by atoms with Crippen LogP contribution >= 0.6 is 11.6 Å². The Balaban J connectivity index is 2.14. The zero-order valence-electron chi connectivity index (χ0n) is 14.9. The largest absolute Gasteiger partial charge is 0.507 e. The lowest BCUT2D eigenvalue weighted by atomic mass is 9.95. The highest BCUT2D eigenvalue weighted by molar-refractivity contribution is 6.47. The van der Waals surface area contributed by atoms with Gasteiger partial charge in [-0.15, -0.1) is 0 Å². The van der Waals surface area contributed by atoms with E-state index in [0.717, 1.165) is 0 Å². The van der Waals surface area contributed by atoms with E-state index >= 15 is 0 Å². The number of carbonyl (C=O) groups excluding carboxylic acids is 2. The summed E-state index contributed by atoms with van der Waals surface area (Å²) in [5.41, 5.74) is 1.13. The molecule has 27 heavy (non-hydrogen) atoms. The Morgan fingerprint density at radius 3 is 2.44 bits per heavy atom. The van der Waals surface area contributed by atoms with Gasteiger partial charge in [0.2, 0.25) is 0 Å². The predicted octanol–water partition coefficient (Wildman–Crippen LogP) is 3.80. The van der Waals surface area contributed by atoms with E-state index in [0.29, 0.717) is 35.7 Å². The van der Waals surface area contributed by atoms with Crippen LogP contribution in [0, 0.1) is 0 Å². The van der Waals surface area contributed by atoms with Crippen LogP contribution in [-0.4, -0.2) is 42.0 Å². The number of amides is 1. The van der Waals surface area contributed by atoms with Crippen LogP contribution in [0.3, 0.4) is 0 Å².